The van der Waals surface area contributed by atoms with Gasteiger partial charge in [0, 0.05) is 25.2 Å². The first-order valence-corrected chi connectivity index (χ1v) is 6.38. The highest BCUT2D eigenvalue weighted by Gasteiger charge is 2.14. The molecule has 18 heavy (non-hydrogen) atoms. The zero-order chi connectivity index (χ0) is 13.7. The highest BCUT2D eigenvalue weighted by atomic mass is 16.3. The minimum absolute atomic E-state index is 0.0771. The lowest BCUT2D eigenvalue weighted by Gasteiger charge is -2.23. The normalized spacial score (nSPS) is 13.2. The molecule has 1 atom stereocenters. The molecule has 0 aliphatic carbocycles. The van der Waals surface area contributed by atoms with Gasteiger partial charge in [0.05, 0.1) is 5.56 Å². The van der Waals surface area contributed by atoms with Gasteiger partial charge < -0.3 is 20.4 Å². The lowest BCUT2D eigenvalue weighted by molar-refractivity contribution is 0.269. The number of rotatable bonds is 6. The molecule has 1 aromatic carbocycles. The second kappa shape index (κ2) is 6.61. The molecule has 1 aromatic rings. The van der Waals surface area contributed by atoms with Crippen molar-refractivity contribution in [3.63, 3.8) is 0 Å². The molecule has 1 rings (SSSR count). The van der Waals surface area contributed by atoms with Crippen molar-refractivity contribution in [2.24, 2.45) is 0 Å². The Balaban J connectivity index is 2.53. The van der Waals surface area contributed by atoms with Crippen LogP contribution < -0.4 is 5.32 Å². The Morgan fingerprint density at radius 2 is 1.72 bits per heavy atom. The third kappa shape index (κ3) is 3.89. The zero-order valence-corrected chi connectivity index (χ0v) is 11.6. The fourth-order valence-electron chi connectivity index (χ4n) is 1.80. The summed E-state index contributed by atoms with van der Waals surface area (Å²) >= 11 is 0. The van der Waals surface area contributed by atoms with E-state index in [2.05, 4.69) is 31.1 Å². The van der Waals surface area contributed by atoms with Crippen LogP contribution in [0.3, 0.4) is 0 Å². The van der Waals surface area contributed by atoms with E-state index in [4.69, 9.17) is 0 Å². The van der Waals surface area contributed by atoms with Gasteiger partial charge in [-0.1, -0.05) is 6.07 Å². The topological polar surface area (TPSA) is 55.7 Å². The van der Waals surface area contributed by atoms with E-state index in [1.54, 1.807) is 18.2 Å². The second-order valence-electron chi connectivity index (χ2n) is 4.96. The maximum atomic E-state index is 9.75. The Kier molecular flexibility index (Phi) is 5.44. The van der Waals surface area contributed by atoms with Gasteiger partial charge in [-0.25, -0.2) is 0 Å². The summed E-state index contributed by atoms with van der Waals surface area (Å²) in [6.45, 7) is 7.97. The van der Waals surface area contributed by atoms with Crippen LogP contribution in [0.4, 0.5) is 0 Å². The first-order chi connectivity index (χ1) is 8.43. The summed E-state index contributed by atoms with van der Waals surface area (Å²) < 4.78 is 0. The average molecular weight is 252 g/mol. The monoisotopic (exact) mass is 252 g/mol. The summed E-state index contributed by atoms with van der Waals surface area (Å²) in [7, 11) is 2.08. The molecule has 0 amide bonds. The summed E-state index contributed by atoms with van der Waals surface area (Å²) in [5.41, 5.74) is 0.560. The van der Waals surface area contributed by atoms with Gasteiger partial charge in [0.2, 0.25) is 0 Å². The molecule has 3 N–H and O–H groups in total. The van der Waals surface area contributed by atoms with Crippen LogP contribution in [0.2, 0.25) is 0 Å². The summed E-state index contributed by atoms with van der Waals surface area (Å²) in [6.07, 6.45) is 0. The molecule has 4 nitrogen and oxygen atoms in total. The smallest absolute Gasteiger partial charge is 0.124 e. The van der Waals surface area contributed by atoms with E-state index in [1.807, 2.05) is 6.92 Å². The molecule has 0 aliphatic heterocycles. The number of benzene rings is 1. The van der Waals surface area contributed by atoms with E-state index in [1.165, 1.54) is 0 Å². The number of likely N-dealkylation sites (N-methyl/N-ethyl adjacent to an activating group) is 1. The molecule has 102 valence electrons. The Morgan fingerprint density at radius 1 is 1.17 bits per heavy atom. The number of nitrogens with zero attached hydrogens (tertiary/aromatic N) is 1. The van der Waals surface area contributed by atoms with Crippen LogP contribution in [0.15, 0.2) is 18.2 Å². The van der Waals surface area contributed by atoms with Crippen LogP contribution in [-0.2, 0) is 0 Å². The molecule has 0 bridgehead atoms. The molecule has 0 heterocycles. The SMILES string of the molecule is CC(NCCN(C)C(C)C)c1c(O)cccc1O. The van der Waals surface area contributed by atoms with E-state index < -0.39 is 0 Å². The minimum Gasteiger partial charge on any atom is -0.507 e. The first-order valence-electron chi connectivity index (χ1n) is 6.38. The van der Waals surface area contributed by atoms with Crippen LogP contribution in [0.25, 0.3) is 0 Å². The van der Waals surface area contributed by atoms with Crippen molar-refractivity contribution in [3.8, 4) is 11.5 Å². The van der Waals surface area contributed by atoms with E-state index in [0.29, 0.717) is 11.6 Å². The summed E-state index contributed by atoms with van der Waals surface area (Å²) in [5, 5.41) is 22.8. The third-order valence-electron chi connectivity index (χ3n) is 3.29. The molecule has 0 radical (unpaired) electrons. The number of hydrogen-bond acceptors (Lipinski definition) is 4. The summed E-state index contributed by atoms with van der Waals surface area (Å²) in [5.74, 6) is 0.263. The highest BCUT2D eigenvalue weighted by Crippen LogP contribution is 2.31. The Hall–Kier alpha value is -1.26. The summed E-state index contributed by atoms with van der Waals surface area (Å²) in [4.78, 5) is 2.24. The Labute approximate surface area is 109 Å². The van der Waals surface area contributed by atoms with Crippen LogP contribution in [0.5, 0.6) is 11.5 Å². The fourth-order valence-corrected chi connectivity index (χ4v) is 1.80. The van der Waals surface area contributed by atoms with E-state index >= 15 is 0 Å². The third-order valence-corrected chi connectivity index (χ3v) is 3.29. The number of hydrogen-bond donors (Lipinski definition) is 3. The van der Waals surface area contributed by atoms with Crippen molar-refractivity contribution in [2.45, 2.75) is 32.9 Å². The maximum Gasteiger partial charge on any atom is 0.124 e. The molecule has 0 fully saturated rings. The fraction of sp³-hybridized carbons (Fsp3) is 0.571. The van der Waals surface area contributed by atoms with Crippen LogP contribution in [-0.4, -0.2) is 41.3 Å². The number of aromatic hydroxyl groups is 2. The standard InChI is InChI=1S/C14H24N2O2/c1-10(2)16(4)9-8-15-11(3)14-12(17)6-5-7-13(14)18/h5-7,10-11,15,17-18H,8-9H2,1-4H3. The Morgan fingerprint density at radius 3 is 2.22 bits per heavy atom. The molecule has 1 unspecified atom stereocenters. The number of phenolic OH excluding ortho intramolecular Hbond substituents is 2. The molecular weight excluding hydrogens is 228 g/mol. The molecule has 0 saturated carbocycles. The highest BCUT2D eigenvalue weighted by molar-refractivity contribution is 5.44. The lowest BCUT2D eigenvalue weighted by atomic mass is 10.1. The van der Waals surface area contributed by atoms with Gasteiger partial charge in [0.25, 0.3) is 0 Å². The van der Waals surface area contributed by atoms with E-state index in [-0.39, 0.29) is 17.5 Å². The predicted octanol–water partition coefficient (Wildman–Crippen LogP) is 2.09. The van der Waals surface area contributed by atoms with Gasteiger partial charge >= 0.3 is 0 Å². The van der Waals surface area contributed by atoms with Crippen LogP contribution >= 0.6 is 0 Å². The Bertz CT molecular complexity index is 360. The van der Waals surface area contributed by atoms with Gasteiger partial charge in [-0.2, -0.15) is 0 Å². The lowest BCUT2D eigenvalue weighted by Crippen LogP contribution is -2.34. The quantitative estimate of drug-likeness (QED) is 0.725. The zero-order valence-electron chi connectivity index (χ0n) is 11.6. The van der Waals surface area contributed by atoms with Crippen molar-refractivity contribution in [2.75, 3.05) is 20.1 Å². The molecule has 0 aliphatic rings. The minimum atomic E-state index is -0.0771. The predicted molar refractivity (Wildman–Crippen MR) is 74.0 cm³/mol. The molecule has 4 heteroatoms. The van der Waals surface area contributed by atoms with Gasteiger partial charge in [-0.3, -0.25) is 0 Å². The average Bonchev–Trinajstić information content (AvgIpc) is 2.28. The van der Waals surface area contributed by atoms with Crippen molar-refractivity contribution in [1.82, 2.24) is 10.2 Å². The largest absolute Gasteiger partial charge is 0.507 e. The van der Waals surface area contributed by atoms with Crippen molar-refractivity contribution in [3.05, 3.63) is 23.8 Å². The maximum absolute atomic E-state index is 9.75. The number of phenols is 2. The van der Waals surface area contributed by atoms with Gasteiger partial charge in [-0.15, -0.1) is 0 Å². The van der Waals surface area contributed by atoms with Gasteiger partial charge in [-0.05, 0) is 40.0 Å². The van der Waals surface area contributed by atoms with E-state index in [9.17, 15) is 10.2 Å². The second-order valence-corrected chi connectivity index (χ2v) is 4.96. The molecule has 0 aromatic heterocycles. The van der Waals surface area contributed by atoms with Gasteiger partial charge in [0.15, 0.2) is 0 Å². The first kappa shape index (κ1) is 14.8. The van der Waals surface area contributed by atoms with Gasteiger partial charge in [0.1, 0.15) is 11.5 Å². The molecule has 0 spiro atoms. The summed E-state index contributed by atoms with van der Waals surface area (Å²) in [6, 6.07) is 5.25. The number of nitrogens with one attached hydrogen (secondary N) is 1. The van der Waals surface area contributed by atoms with Crippen molar-refractivity contribution in [1.29, 1.82) is 0 Å². The van der Waals surface area contributed by atoms with Crippen LogP contribution in [0.1, 0.15) is 32.4 Å². The molecular formula is C14H24N2O2. The van der Waals surface area contributed by atoms with Crippen molar-refractivity contribution < 1.29 is 10.2 Å². The van der Waals surface area contributed by atoms with Crippen LogP contribution in [0, 0.1) is 0 Å². The van der Waals surface area contributed by atoms with E-state index in [0.717, 1.165) is 13.1 Å². The van der Waals surface area contributed by atoms with Crippen molar-refractivity contribution >= 4 is 0 Å². The molecule has 0 saturated heterocycles.